The van der Waals surface area contributed by atoms with Gasteiger partial charge >= 0.3 is 64.9 Å². The van der Waals surface area contributed by atoms with Crippen molar-refractivity contribution in [3.05, 3.63) is 80.8 Å². The Morgan fingerprint density at radius 1 is 0.929 bits per heavy atom. The number of aromatic nitrogens is 1. The maximum absolute atomic E-state index is 5.24. The molecule has 1 heterocycles. The fourth-order valence-electron chi connectivity index (χ4n) is 2.79. The Morgan fingerprint density at radius 2 is 1.31 bits per heavy atom. The van der Waals surface area contributed by atoms with Gasteiger partial charge in [0.15, 0.2) is 5.13 Å². The van der Waals surface area contributed by atoms with Crippen LogP contribution in [0.15, 0.2) is 64.1 Å². The molecule has 234 valence electrons. The molecule has 4 nitrogen and oxygen atoms in total. The van der Waals surface area contributed by atoms with E-state index in [1.165, 1.54) is 16.0 Å². The van der Waals surface area contributed by atoms with Crippen molar-refractivity contribution < 1.29 is 4.92 Å². The number of aliphatic imine (C=N–C) groups is 1. The van der Waals surface area contributed by atoms with Crippen molar-refractivity contribution in [1.29, 1.82) is 0 Å². The molecular weight excluding hydrogens is 956 g/mol. The summed E-state index contributed by atoms with van der Waals surface area (Å²) < 4.78 is 0. The number of nitrogens with zero attached hydrogens (tertiary/aromatic N) is 2. The number of thiocarbonyl (C=S) groups is 1. The monoisotopic (exact) mass is 1000 g/mol. The molecule has 0 aliphatic rings. The number of allylic oxidation sites excluding steroid dienone is 2. The average molecular weight is 1000 g/mol. The summed E-state index contributed by atoms with van der Waals surface area (Å²) in [5.41, 5.74) is 12.1. The summed E-state index contributed by atoms with van der Waals surface area (Å²) in [5, 5.41) is 6.67. The van der Waals surface area contributed by atoms with Crippen molar-refractivity contribution in [1.82, 2.24) is 4.98 Å². The summed E-state index contributed by atoms with van der Waals surface area (Å²) in [6, 6.07) is 16.7. The first-order valence-corrected chi connectivity index (χ1v) is 27.9. The molecule has 1 aromatic heterocycles. The first-order valence-electron chi connectivity index (χ1n) is 12.7. The van der Waals surface area contributed by atoms with Gasteiger partial charge in [0, 0.05) is 16.3 Å². The number of thiazole rings is 1. The Labute approximate surface area is 308 Å². The average Bonchev–Trinajstić information content (AvgIpc) is 3.15. The number of thiol groups is 1. The second-order valence-electron chi connectivity index (χ2n) is 11.1. The van der Waals surface area contributed by atoms with Gasteiger partial charge in [0.05, 0.1) is 16.5 Å². The SMILES string of the molecule is C.C/C(N)=C(\C)S.CC(C)(C)c1ccc(N=C=S)cc1.Cc1nc(Nc2ccc(C(C)(C)C)cc2)sc1C.[I][V]([I])[I]. The Morgan fingerprint density at radius 3 is 1.60 bits per heavy atom. The Balaban J connectivity index is 0. The van der Waals surface area contributed by atoms with Gasteiger partial charge in [0.2, 0.25) is 0 Å². The third-order valence-corrected chi connectivity index (χ3v) is 6.94. The van der Waals surface area contributed by atoms with Gasteiger partial charge in [-0.15, -0.1) is 24.0 Å². The normalized spacial score (nSPS) is 11.1. The Bertz CT molecular complexity index is 1230. The van der Waals surface area contributed by atoms with Crippen LogP contribution in [0.2, 0.25) is 0 Å². The van der Waals surface area contributed by atoms with Crippen molar-refractivity contribution in [2.24, 2.45) is 10.7 Å². The molecule has 2 aromatic carbocycles. The molecule has 3 rings (SSSR count). The number of hydrogen-bond donors (Lipinski definition) is 3. The van der Waals surface area contributed by atoms with Gasteiger partial charge in [-0.2, -0.15) is 4.99 Å². The summed E-state index contributed by atoms with van der Waals surface area (Å²) in [6.45, 7) is 21.1. The van der Waals surface area contributed by atoms with Crippen molar-refractivity contribution in [3.8, 4) is 0 Å². The van der Waals surface area contributed by atoms with E-state index in [9.17, 15) is 0 Å². The predicted molar refractivity (Wildman–Crippen MR) is 220 cm³/mol. The van der Waals surface area contributed by atoms with Crippen LogP contribution in [0.3, 0.4) is 0 Å². The first kappa shape index (κ1) is 44.5. The van der Waals surface area contributed by atoms with Crippen LogP contribution < -0.4 is 11.1 Å². The summed E-state index contributed by atoms with van der Waals surface area (Å²) in [7, 11) is 0. The number of rotatable bonds is 3. The van der Waals surface area contributed by atoms with E-state index in [2.05, 4.69) is 190 Å². The van der Waals surface area contributed by atoms with Gasteiger partial charge in [0.25, 0.3) is 0 Å². The fourth-order valence-corrected chi connectivity index (χ4v) is 3.73. The predicted octanol–water partition coefficient (Wildman–Crippen LogP) is 12.9. The van der Waals surface area contributed by atoms with Crippen LogP contribution in [0.5, 0.6) is 0 Å². The van der Waals surface area contributed by atoms with E-state index in [0.29, 0.717) is 0 Å². The molecule has 0 radical (unpaired) electrons. The zero-order valence-electron chi connectivity index (χ0n) is 25.4. The molecule has 0 fully saturated rings. The van der Waals surface area contributed by atoms with Crippen LogP contribution in [-0.4, -0.2) is 10.1 Å². The number of anilines is 2. The van der Waals surface area contributed by atoms with Crippen LogP contribution in [0, 0.1) is 13.8 Å². The molecule has 0 bridgehead atoms. The molecule has 0 spiro atoms. The van der Waals surface area contributed by atoms with Gasteiger partial charge in [-0.1, -0.05) is 73.2 Å². The molecule has 11 heteroatoms. The summed E-state index contributed by atoms with van der Waals surface area (Å²) in [4.78, 5) is 10.3. The molecule has 0 aliphatic heterocycles. The van der Waals surface area contributed by atoms with Crippen LogP contribution in [0.1, 0.15) is 84.5 Å². The number of nitrogens with one attached hydrogen (secondary N) is 1. The second-order valence-corrected chi connectivity index (χ2v) is 48.5. The molecule has 0 saturated heterocycles. The van der Waals surface area contributed by atoms with Crippen molar-refractivity contribution in [2.45, 2.75) is 87.5 Å². The topological polar surface area (TPSA) is 63.3 Å². The molecule has 0 atom stereocenters. The molecule has 0 aliphatic carbocycles. The van der Waals surface area contributed by atoms with Gasteiger partial charge in [-0.05, 0) is 91.0 Å². The van der Waals surface area contributed by atoms with Gasteiger partial charge in [-0.3, -0.25) is 0 Å². The number of isothiocyanates is 1. The van der Waals surface area contributed by atoms with E-state index >= 15 is 0 Å². The third kappa shape index (κ3) is 20.4. The van der Waals surface area contributed by atoms with Crippen molar-refractivity contribution in [3.63, 3.8) is 0 Å². The van der Waals surface area contributed by atoms with Crippen LogP contribution >= 0.6 is 96.1 Å². The van der Waals surface area contributed by atoms with Crippen molar-refractivity contribution in [2.75, 3.05) is 5.32 Å². The molecule has 0 unspecified atom stereocenters. The summed E-state index contributed by atoms with van der Waals surface area (Å²) in [5.74, 6) is 0. The van der Waals surface area contributed by atoms with E-state index in [4.69, 9.17) is 5.73 Å². The van der Waals surface area contributed by atoms with E-state index < -0.39 is 0 Å². The molecule has 0 amide bonds. The van der Waals surface area contributed by atoms with Crippen molar-refractivity contribution >= 4 is 118 Å². The van der Waals surface area contributed by atoms with E-state index in [1.807, 2.05) is 32.9 Å². The van der Waals surface area contributed by atoms with Gasteiger partial charge < -0.3 is 11.1 Å². The Kier molecular flexibility index (Phi) is 23.2. The van der Waals surface area contributed by atoms with Crippen LogP contribution in [0.4, 0.5) is 16.5 Å². The third-order valence-electron chi connectivity index (χ3n) is 5.51. The maximum atomic E-state index is 5.24. The molecule has 0 saturated carbocycles. The number of benzene rings is 2. The minimum absolute atomic E-state index is 0. The quantitative estimate of drug-likeness (QED) is 0.106. The number of hydrogen-bond acceptors (Lipinski definition) is 7. The Hall–Kier alpha value is 0.334. The van der Waals surface area contributed by atoms with Gasteiger partial charge in [-0.25, -0.2) is 4.98 Å². The molecule has 3 N–H and O–H groups in total. The zero-order valence-corrected chi connectivity index (χ0v) is 35.8. The fraction of sp³-hybridized carbons (Fsp3) is 0.419. The van der Waals surface area contributed by atoms with Gasteiger partial charge in [0.1, 0.15) is 0 Å². The van der Waals surface area contributed by atoms with E-state index in [1.54, 1.807) is 11.3 Å². The van der Waals surface area contributed by atoms with Crippen LogP contribution in [0.25, 0.3) is 0 Å². The summed E-state index contributed by atoms with van der Waals surface area (Å²) >= 11 is 17.6. The number of nitrogens with two attached hydrogens (primary N) is 1. The molecule has 42 heavy (non-hydrogen) atoms. The standard InChI is InChI=1S/C15H20N2S.C11H13NS.C4H9NS.CH4.3HI.V/c1-10-11(2)18-14(16-10)17-13-8-6-12(7-9-13)15(3,4)5;1-11(2,3)9-4-6-10(7-5-9)12-8-13;1-3(5)4(2)6;;;;;/h6-9H,1-5H3,(H,16,17);4-7H,1-3H3;6H,5H2,1-2H3;1H4;3*1H;/q;;;;;;;+3/p-3/b;;4-3-;;;;;. The number of aryl methyl sites for hydroxylation is 2. The van der Waals surface area contributed by atoms with E-state index in [0.717, 1.165) is 32.8 Å². The molecule has 3 aromatic rings. The van der Waals surface area contributed by atoms with Crippen LogP contribution in [-0.2, 0) is 15.8 Å². The first-order chi connectivity index (χ1) is 18.8. The molecular formula is C31H46I3N4S3V. The summed E-state index contributed by atoms with van der Waals surface area (Å²) in [6.07, 6.45) is 0. The second kappa shape index (κ2) is 22.0. The van der Waals surface area contributed by atoms with E-state index in [-0.39, 0.29) is 23.2 Å². The zero-order chi connectivity index (χ0) is 32.0. The number of halogens is 3. The minimum atomic E-state index is -0.278.